The Hall–Kier alpha value is -3.39. The van der Waals surface area contributed by atoms with Crippen molar-refractivity contribution in [2.75, 3.05) is 13.7 Å². The van der Waals surface area contributed by atoms with Crippen LogP contribution in [-0.2, 0) is 11.3 Å². The van der Waals surface area contributed by atoms with Gasteiger partial charge in [0, 0.05) is 31.0 Å². The number of hydrogen-bond acceptors (Lipinski definition) is 5. The van der Waals surface area contributed by atoms with Crippen LogP contribution in [0.1, 0.15) is 23.7 Å². The highest BCUT2D eigenvalue weighted by molar-refractivity contribution is 7.07. The van der Waals surface area contributed by atoms with E-state index >= 15 is 0 Å². The van der Waals surface area contributed by atoms with E-state index in [4.69, 9.17) is 4.74 Å². The van der Waals surface area contributed by atoms with Crippen LogP contribution >= 0.6 is 11.3 Å². The second-order valence-electron chi connectivity index (χ2n) is 6.58. The summed E-state index contributed by atoms with van der Waals surface area (Å²) in [6.45, 7) is 2.58. The number of aromatic nitrogens is 1. The second kappa shape index (κ2) is 9.89. The summed E-state index contributed by atoms with van der Waals surface area (Å²) in [5.41, 5.74) is 2.27. The van der Waals surface area contributed by atoms with Gasteiger partial charge >= 0.3 is 0 Å². The van der Waals surface area contributed by atoms with Crippen LogP contribution in [0.2, 0.25) is 0 Å². The van der Waals surface area contributed by atoms with Crippen LogP contribution < -0.4 is 14.9 Å². The number of carbonyl (C=O) groups is 2. The number of nitrogens with zero attached hydrogens (tertiary/aromatic N) is 2. The maximum atomic E-state index is 12.7. The summed E-state index contributed by atoms with van der Waals surface area (Å²) in [6, 6.07) is 13.7. The van der Waals surface area contributed by atoms with E-state index in [-0.39, 0.29) is 17.6 Å². The smallest absolute Gasteiger partial charge is 0.279 e. The second-order valence-corrected chi connectivity index (χ2v) is 7.42. The summed E-state index contributed by atoms with van der Waals surface area (Å²) in [5.74, 6) is 0.437. The molecule has 0 fully saturated rings. The van der Waals surface area contributed by atoms with E-state index in [1.54, 1.807) is 43.5 Å². The van der Waals surface area contributed by atoms with Crippen molar-refractivity contribution in [2.45, 2.75) is 19.9 Å². The quantitative estimate of drug-likeness (QED) is 0.569. The molecule has 0 aliphatic heterocycles. The molecule has 7 nitrogen and oxygen atoms in total. The lowest BCUT2D eigenvalue weighted by atomic mass is 10.1. The average Bonchev–Trinajstić information content (AvgIpc) is 3.14. The first kappa shape index (κ1) is 21.3. The van der Waals surface area contributed by atoms with Gasteiger partial charge in [0.05, 0.1) is 12.8 Å². The molecule has 1 aromatic heterocycles. The molecule has 3 aromatic rings. The largest absolute Gasteiger partial charge is 0.508 e. The van der Waals surface area contributed by atoms with Crippen molar-refractivity contribution in [3.05, 3.63) is 64.3 Å². The molecular formula is C22H23N3O4S. The maximum Gasteiger partial charge on any atom is 0.279 e. The first-order valence-corrected chi connectivity index (χ1v) is 10.3. The zero-order chi connectivity index (χ0) is 21.5. The zero-order valence-electron chi connectivity index (χ0n) is 16.8. The number of carbonyl (C=O) groups excluding carboxylic acids is 2. The number of amides is 2. The summed E-state index contributed by atoms with van der Waals surface area (Å²) in [4.78, 5) is 28.7. The van der Waals surface area contributed by atoms with Gasteiger partial charge in [0.15, 0.2) is 4.80 Å². The van der Waals surface area contributed by atoms with Crippen LogP contribution in [-0.4, -0.2) is 35.1 Å². The van der Waals surface area contributed by atoms with Gasteiger partial charge in [0.2, 0.25) is 5.91 Å². The lowest BCUT2D eigenvalue weighted by Crippen LogP contribution is -2.24. The molecule has 0 bridgehead atoms. The van der Waals surface area contributed by atoms with Gasteiger partial charge in [-0.15, -0.1) is 11.3 Å². The molecule has 156 valence electrons. The molecule has 3 rings (SSSR count). The molecule has 0 spiro atoms. The highest BCUT2D eigenvalue weighted by atomic mass is 32.1. The van der Waals surface area contributed by atoms with E-state index in [1.165, 1.54) is 18.3 Å². The molecule has 0 unspecified atom stereocenters. The number of ether oxygens (including phenoxy) is 1. The molecule has 0 aliphatic carbocycles. The van der Waals surface area contributed by atoms with Crippen LogP contribution in [0.25, 0.3) is 11.3 Å². The fourth-order valence-corrected chi connectivity index (χ4v) is 3.82. The molecule has 2 amide bonds. The number of phenols is 1. The minimum Gasteiger partial charge on any atom is -0.508 e. The Labute approximate surface area is 178 Å². The molecule has 30 heavy (non-hydrogen) atoms. The van der Waals surface area contributed by atoms with Crippen molar-refractivity contribution in [2.24, 2.45) is 4.99 Å². The Morgan fingerprint density at radius 2 is 1.83 bits per heavy atom. The van der Waals surface area contributed by atoms with E-state index in [9.17, 15) is 14.7 Å². The molecule has 0 saturated heterocycles. The minimum atomic E-state index is -0.340. The van der Waals surface area contributed by atoms with Crippen molar-refractivity contribution >= 4 is 23.2 Å². The van der Waals surface area contributed by atoms with Gasteiger partial charge in [-0.2, -0.15) is 4.99 Å². The summed E-state index contributed by atoms with van der Waals surface area (Å²) in [7, 11) is 1.57. The molecule has 2 N–H and O–H groups in total. The van der Waals surface area contributed by atoms with E-state index < -0.39 is 0 Å². The average molecular weight is 426 g/mol. The predicted molar refractivity (Wildman–Crippen MR) is 116 cm³/mol. The molecule has 8 heteroatoms. The van der Waals surface area contributed by atoms with E-state index in [0.717, 1.165) is 11.3 Å². The van der Waals surface area contributed by atoms with Gasteiger partial charge in [0.25, 0.3) is 5.91 Å². The summed E-state index contributed by atoms with van der Waals surface area (Å²) >= 11 is 1.37. The number of hydrogen-bond donors (Lipinski definition) is 2. The SMILES string of the molecule is COc1ccc(C(=O)/N=c2\scc(-c3ccc(O)cc3)n2CCCNC(C)=O)cc1. The Balaban J connectivity index is 1.93. The third-order valence-corrected chi connectivity index (χ3v) is 5.29. The van der Waals surface area contributed by atoms with Crippen molar-refractivity contribution in [3.8, 4) is 22.8 Å². The topological polar surface area (TPSA) is 92.9 Å². The Morgan fingerprint density at radius 3 is 2.47 bits per heavy atom. The van der Waals surface area contributed by atoms with Gasteiger partial charge in [-0.25, -0.2) is 0 Å². The van der Waals surface area contributed by atoms with Crippen LogP contribution in [0.3, 0.4) is 0 Å². The number of methoxy groups -OCH3 is 1. The standard InChI is InChI=1S/C22H23N3O4S/c1-15(26)23-12-3-13-25-20(16-4-8-18(27)9-5-16)14-30-22(25)24-21(28)17-6-10-19(29-2)11-7-17/h4-11,14,27H,3,12-13H2,1-2H3,(H,23,26)/b24-22-. The van der Waals surface area contributed by atoms with Crippen LogP contribution in [0, 0.1) is 0 Å². The van der Waals surface area contributed by atoms with Crippen LogP contribution in [0.15, 0.2) is 58.9 Å². The first-order chi connectivity index (χ1) is 14.5. The maximum absolute atomic E-state index is 12.7. The monoisotopic (exact) mass is 425 g/mol. The number of benzene rings is 2. The Kier molecular flexibility index (Phi) is 7.03. The van der Waals surface area contributed by atoms with Crippen molar-refractivity contribution in [1.82, 2.24) is 9.88 Å². The normalized spacial score (nSPS) is 11.3. The van der Waals surface area contributed by atoms with Gasteiger partial charge in [-0.05, 0) is 60.5 Å². The van der Waals surface area contributed by atoms with E-state index in [1.807, 2.05) is 22.1 Å². The third-order valence-electron chi connectivity index (χ3n) is 4.43. The molecule has 0 saturated carbocycles. The Morgan fingerprint density at radius 1 is 1.13 bits per heavy atom. The summed E-state index contributed by atoms with van der Waals surface area (Å²) < 4.78 is 7.09. The molecule has 2 aromatic carbocycles. The molecule has 1 heterocycles. The Bertz CT molecular complexity index is 1080. The van der Waals surface area contributed by atoms with Gasteiger partial charge < -0.3 is 19.7 Å². The van der Waals surface area contributed by atoms with E-state index in [2.05, 4.69) is 10.3 Å². The lowest BCUT2D eigenvalue weighted by Gasteiger charge is -2.10. The first-order valence-electron chi connectivity index (χ1n) is 9.43. The fraction of sp³-hybridized carbons (Fsp3) is 0.227. The number of aromatic hydroxyl groups is 1. The number of nitrogens with one attached hydrogen (secondary N) is 1. The highest BCUT2D eigenvalue weighted by Crippen LogP contribution is 2.23. The highest BCUT2D eigenvalue weighted by Gasteiger charge is 2.11. The van der Waals surface area contributed by atoms with Gasteiger partial charge in [-0.3, -0.25) is 9.59 Å². The molecular weight excluding hydrogens is 402 g/mol. The van der Waals surface area contributed by atoms with Gasteiger partial charge in [-0.1, -0.05) is 0 Å². The molecule has 0 atom stereocenters. The predicted octanol–water partition coefficient (Wildman–Crippen LogP) is 3.20. The molecule has 0 radical (unpaired) electrons. The van der Waals surface area contributed by atoms with Crippen LogP contribution in [0.5, 0.6) is 11.5 Å². The lowest BCUT2D eigenvalue weighted by molar-refractivity contribution is -0.118. The number of rotatable bonds is 7. The van der Waals surface area contributed by atoms with Gasteiger partial charge in [0.1, 0.15) is 11.5 Å². The number of phenolic OH excluding ortho intramolecular Hbond substituents is 1. The summed E-state index contributed by atoms with van der Waals surface area (Å²) in [6.07, 6.45) is 0.686. The molecule has 0 aliphatic rings. The number of thiazole rings is 1. The third kappa shape index (κ3) is 5.36. The van der Waals surface area contributed by atoms with Crippen molar-refractivity contribution < 1.29 is 19.4 Å². The van der Waals surface area contributed by atoms with E-state index in [0.29, 0.717) is 35.6 Å². The van der Waals surface area contributed by atoms with Crippen LogP contribution in [0.4, 0.5) is 0 Å². The minimum absolute atomic E-state index is 0.0799. The fourth-order valence-electron chi connectivity index (χ4n) is 2.88. The summed E-state index contributed by atoms with van der Waals surface area (Å²) in [5, 5.41) is 14.3. The van der Waals surface area contributed by atoms with Crippen molar-refractivity contribution in [1.29, 1.82) is 0 Å². The van der Waals surface area contributed by atoms with Crippen molar-refractivity contribution in [3.63, 3.8) is 0 Å². The zero-order valence-corrected chi connectivity index (χ0v) is 17.6.